The third-order valence-electron chi connectivity index (χ3n) is 3.70. The lowest BCUT2D eigenvalue weighted by Gasteiger charge is -2.10. The zero-order valence-electron chi connectivity index (χ0n) is 8.95. The molecule has 1 aromatic rings. The van der Waals surface area contributed by atoms with Gasteiger partial charge in [-0.1, -0.05) is 12.1 Å². The molecule has 2 N–H and O–H groups in total. The lowest BCUT2D eigenvalue weighted by molar-refractivity contribution is -0.120. The topological polar surface area (TPSA) is 46.3 Å². The van der Waals surface area contributed by atoms with Crippen molar-refractivity contribution in [2.24, 2.45) is 5.73 Å². The lowest BCUT2D eigenvalue weighted by Crippen LogP contribution is -2.32. The maximum atomic E-state index is 12.1. The molecule has 1 spiro atoms. The Labute approximate surface area is 88.9 Å². The summed E-state index contributed by atoms with van der Waals surface area (Å²) in [4.78, 5) is 13.9. The maximum absolute atomic E-state index is 12.1. The summed E-state index contributed by atoms with van der Waals surface area (Å²) < 4.78 is 0. The molecule has 2 atom stereocenters. The molecule has 3 heteroatoms. The van der Waals surface area contributed by atoms with E-state index in [4.69, 9.17) is 5.73 Å². The van der Waals surface area contributed by atoms with E-state index >= 15 is 0 Å². The third-order valence-corrected chi connectivity index (χ3v) is 3.70. The highest BCUT2D eigenvalue weighted by molar-refractivity contribution is 6.10. The smallest absolute Gasteiger partial charge is 0.239 e. The van der Waals surface area contributed by atoms with Gasteiger partial charge in [-0.05, 0) is 30.5 Å². The Hall–Kier alpha value is -1.35. The molecular weight excluding hydrogens is 188 g/mol. The van der Waals surface area contributed by atoms with Crippen LogP contribution in [0.15, 0.2) is 18.2 Å². The number of nitrogens with two attached hydrogens (primary N) is 1. The van der Waals surface area contributed by atoms with E-state index in [1.807, 2.05) is 14.0 Å². The minimum Gasteiger partial charge on any atom is -0.326 e. The van der Waals surface area contributed by atoms with E-state index in [-0.39, 0.29) is 17.4 Å². The number of nitrogens with zero attached hydrogens (tertiary/aromatic N) is 1. The van der Waals surface area contributed by atoms with E-state index < -0.39 is 0 Å². The number of hydrogen-bond acceptors (Lipinski definition) is 2. The van der Waals surface area contributed by atoms with Crippen molar-refractivity contribution in [2.45, 2.75) is 24.8 Å². The predicted molar refractivity (Wildman–Crippen MR) is 58.9 cm³/mol. The van der Waals surface area contributed by atoms with Crippen LogP contribution in [-0.4, -0.2) is 19.0 Å². The van der Waals surface area contributed by atoms with Gasteiger partial charge in [0.25, 0.3) is 0 Å². The quantitative estimate of drug-likeness (QED) is 0.680. The molecule has 0 saturated heterocycles. The van der Waals surface area contributed by atoms with Crippen LogP contribution in [0.1, 0.15) is 17.5 Å². The SMILES string of the molecule is Cc1ccc2c(c1)N(C)C(=O)C21CC1N. The van der Waals surface area contributed by atoms with Crippen molar-refractivity contribution in [3.63, 3.8) is 0 Å². The van der Waals surface area contributed by atoms with Gasteiger partial charge in [0, 0.05) is 18.8 Å². The van der Waals surface area contributed by atoms with Gasteiger partial charge in [0.15, 0.2) is 0 Å². The van der Waals surface area contributed by atoms with Gasteiger partial charge in [-0.25, -0.2) is 0 Å². The van der Waals surface area contributed by atoms with E-state index in [0.29, 0.717) is 0 Å². The van der Waals surface area contributed by atoms with Crippen LogP contribution in [0, 0.1) is 6.92 Å². The number of benzene rings is 1. The van der Waals surface area contributed by atoms with Crippen molar-refractivity contribution in [1.29, 1.82) is 0 Å². The van der Waals surface area contributed by atoms with Crippen LogP contribution in [0.2, 0.25) is 0 Å². The summed E-state index contributed by atoms with van der Waals surface area (Å²) in [5.41, 5.74) is 8.88. The Morgan fingerprint density at radius 3 is 2.80 bits per heavy atom. The van der Waals surface area contributed by atoms with Crippen molar-refractivity contribution >= 4 is 11.6 Å². The fourth-order valence-corrected chi connectivity index (χ4v) is 2.66. The molecule has 0 bridgehead atoms. The van der Waals surface area contributed by atoms with Crippen molar-refractivity contribution in [3.05, 3.63) is 29.3 Å². The molecule has 1 aliphatic heterocycles. The summed E-state index contributed by atoms with van der Waals surface area (Å²) in [5.74, 6) is 0.163. The van der Waals surface area contributed by atoms with Gasteiger partial charge in [-0.2, -0.15) is 0 Å². The molecule has 2 aliphatic rings. The summed E-state index contributed by atoms with van der Waals surface area (Å²) in [7, 11) is 1.83. The first-order chi connectivity index (χ1) is 7.07. The Balaban J connectivity index is 2.24. The van der Waals surface area contributed by atoms with Crippen molar-refractivity contribution in [1.82, 2.24) is 0 Å². The zero-order valence-corrected chi connectivity index (χ0v) is 8.95. The number of carbonyl (C=O) groups is 1. The molecule has 1 aromatic carbocycles. The van der Waals surface area contributed by atoms with E-state index in [1.165, 1.54) is 5.56 Å². The highest BCUT2D eigenvalue weighted by atomic mass is 16.2. The summed E-state index contributed by atoms with van der Waals surface area (Å²) >= 11 is 0. The maximum Gasteiger partial charge on any atom is 0.239 e. The fourth-order valence-electron chi connectivity index (χ4n) is 2.66. The highest BCUT2D eigenvalue weighted by Gasteiger charge is 2.64. The Morgan fingerprint density at radius 2 is 2.20 bits per heavy atom. The zero-order chi connectivity index (χ0) is 10.8. The van der Waals surface area contributed by atoms with Crippen LogP contribution >= 0.6 is 0 Å². The molecular formula is C12H14N2O. The fraction of sp³-hybridized carbons (Fsp3) is 0.417. The molecule has 3 rings (SSSR count). The monoisotopic (exact) mass is 202 g/mol. The van der Waals surface area contributed by atoms with Gasteiger partial charge < -0.3 is 10.6 Å². The van der Waals surface area contributed by atoms with Crippen LogP contribution in [0.3, 0.4) is 0 Å². The molecule has 15 heavy (non-hydrogen) atoms. The largest absolute Gasteiger partial charge is 0.326 e. The molecule has 3 nitrogen and oxygen atoms in total. The van der Waals surface area contributed by atoms with Crippen LogP contribution in [0.4, 0.5) is 5.69 Å². The molecule has 1 heterocycles. The third kappa shape index (κ3) is 0.868. The Morgan fingerprint density at radius 1 is 1.53 bits per heavy atom. The van der Waals surface area contributed by atoms with Crippen LogP contribution in [0.5, 0.6) is 0 Å². The molecule has 1 saturated carbocycles. The number of anilines is 1. The Kier molecular flexibility index (Phi) is 1.44. The van der Waals surface area contributed by atoms with E-state index in [1.54, 1.807) is 4.90 Å². The van der Waals surface area contributed by atoms with Crippen LogP contribution < -0.4 is 10.6 Å². The number of fused-ring (bicyclic) bond motifs is 2. The normalized spacial score (nSPS) is 32.3. The van der Waals surface area contributed by atoms with Crippen molar-refractivity contribution in [2.75, 3.05) is 11.9 Å². The molecule has 1 fully saturated rings. The number of hydrogen-bond donors (Lipinski definition) is 1. The molecule has 0 aromatic heterocycles. The average Bonchev–Trinajstić information content (AvgIpc) is 2.84. The summed E-state index contributed by atoms with van der Waals surface area (Å²) in [6.45, 7) is 2.04. The van der Waals surface area contributed by atoms with Gasteiger partial charge in [0.1, 0.15) is 0 Å². The minimum absolute atomic E-state index is 0.0106. The summed E-state index contributed by atoms with van der Waals surface area (Å²) in [6.07, 6.45) is 0.798. The standard InChI is InChI=1S/C12H14N2O/c1-7-3-4-8-9(5-7)14(2)11(15)12(8)6-10(12)13/h3-5,10H,6,13H2,1-2H3. The van der Waals surface area contributed by atoms with Crippen LogP contribution in [-0.2, 0) is 10.2 Å². The van der Waals surface area contributed by atoms with Gasteiger partial charge in [-0.15, -0.1) is 0 Å². The second-order valence-corrected chi connectivity index (χ2v) is 4.67. The number of aryl methyl sites for hydroxylation is 1. The van der Waals surface area contributed by atoms with Crippen molar-refractivity contribution < 1.29 is 4.79 Å². The second kappa shape index (κ2) is 2.42. The minimum atomic E-state index is -0.377. The Bertz CT molecular complexity index is 469. The first kappa shape index (κ1) is 8.92. The number of likely N-dealkylation sites (N-methyl/N-ethyl adjacent to an activating group) is 1. The average molecular weight is 202 g/mol. The van der Waals surface area contributed by atoms with Crippen LogP contribution in [0.25, 0.3) is 0 Å². The summed E-state index contributed by atoms with van der Waals surface area (Å²) in [6, 6.07) is 6.18. The van der Waals surface area contributed by atoms with E-state index in [0.717, 1.165) is 17.7 Å². The lowest BCUT2D eigenvalue weighted by atomic mass is 9.96. The molecule has 1 aliphatic carbocycles. The molecule has 0 radical (unpaired) electrons. The predicted octanol–water partition coefficient (Wildman–Crippen LogP) is 0.940. The second-order valence-electron chi connectivity index (χ2n) is 4.67. The molecule has 2 unspecified atom stereocenters. The molecule has 78 valence electrons. The van der Waals surface area contributed by atoms with E-state index in [9.17, 15) is 4.79 Å². The van der Waals surface area contributed by atoms with Gasteiger partial charge >= 0.3 is 0 Å². The number of carbonyl (C=O) groups excluding carboxylic acids is 1. The van der Waals surface area contributed by atoms with Gasteiger partial charge in [0.05, 0.1) is 5.41 Å². The highest BCUT2D eigenvalue weighted by Crippen LogP contribution is 2.56. The molecule has 1 amide bonds. The summed E-state index contributed by atoms with van der Waals surface area (Å²) in [5, 5.41) is 0. The number of amides is 1. The van der Waals surface area contributed by atoms with E-state index in [2.05, 4.69) is 18.2 Å². The van der Waals surface area contributed by atoms with Gasteiger partial charge in [0.2, 0.25) is 5.91 Å². The first-order valence-corrected chi connectivity index (χ1v) is 5.22. The van der Waals surface area contributed by atoms with Crippen molar-refractivity contribution in [3.8, 4) is 0 Å². The van der Waals surface area contributed by atoms with Gasteiger partial charge in [-0.3, -0.25) is 4.79 Å². The first-order valence-electron chi connectivity index (χ1n) is 5.22. The number of rotatable bonds is 0.